The van der Waals surface area contributed by atoms with Crippen LogP contribution in [0.4, 0.5) is 0 Å². The molecule has 1 amide bonds. The molecule has 1 aliphatic rings. The van der Waals surface area contributed by atoms with Crippen LogP contribution in [0.1, 0.15) is 258 Å². The minimum absolute atomic E-state index is 0.182. The van der Waals surface area contributed by atoms with Crippen LogP contribution in [0.2, 0.25) is 0 Å². The number of aliphatic hydroxyl groups is 5. The smallest absolute Gasteiger partial charge is 0.220 e. The number of unbranched alkanes of at least 4 members (excludes halogenated alkanes) is 34. The van der Waals surface area contributed by atoms with Gasteiger partial charge in [0.15, 0.2) is 6.29 Å². The molecule has 1 heterocycles. The summed E-state index contributed by atoms with van der Waals surface area (Å²) in [5, 5.41) is 54.4. The van der Waals surface area contributed by atoms with Crippen molar-refractivity contribution in [2.75, 3.05) is 13.2 Å². The van der Waals surface area contributed by atoms with Gasteiger partial charge in [0.2, 0.25) is 5.91 Å². The minimum Gasteiger partial charge on any atom is -0.394 e. The summed E-state index contributed by atoms with van der Waals surface area (Å²) in [6, 6.07) is -0.817. The zero-order valence-corrected chi connectivity index (χ0v) is 41.1. The van der Waals surface area contributed by atoms with E-state index in [0.717, 1.165) is 38.5 Å². The lowest BCUT2D eigenvalue weighted by molar-refractivity contribution is -0.302. The Bertz CT molecular complexity index is 1040. The van der Waals surface area contributed by atoms with E-state index < -0.39 is 49.5 Å². The molecular formula is C54H103NO8. The molecule has 372 valence electrons. The number of amides is 1. The number of rotatable bonds is 46. The standard InChI is InChI=1S/C54H103NO8/c1-3-5-7-9-11-13-15-17-19-21-22-23-24-25-26-28-29-31-33-35-37-39-41-43-48(57)47(46-62-54-53(61)52(60)51(59)49(45-56)63-54)55-50(58)44-42-40-38-36-34-32-30-27-20-18-16-14-12-10-8-6-4-2/h33,35,41,43,47-49,51-54,56-57,59-61H,3-32,34,36-40,42,44-46H2,1-2H3,(H,55,58)/b35-33+,43-41+. The van der Waals surface area contributed by atoms with Gasteiger partial charge in [0.25, 0.3) is 0 Å². The number of carbonyl (C=O) groups excluding carboxylic acids is 1. The second-order valence-corrected chi connectivity index (χ2v) is 19.0. The Morgan fingerprint density at radius 2 is 0.905 bits per heavy atom. The highest BCUT2D eigenvalue weighted by Gasteiger charge is 2.44. The van der Waals surface area contributed by atoms with Gasteiger partial charge in [-0.2, -0.15) is 0 Å². The average molecular weight is 894 g/mol. The first-order chi connectivity index (χ1) is 30.8. The summed E-state index contributed by atoms with van der Waals surface area (Å²) < 4.78 is 11.2. The van der Waals surface area contributed by atoms with E-state index in [1.807, 2.05) is 6.08 Å². The number of nitrogens with one attached hydrogen (secondary N) is 1. The predicted octanol–water partition coefficient (Wildman–Crippen LogP) is 12.6. The third kappa shape index (κ3) is 34.6. The molecule has 7 unspecified atom stereocenters. The lowest BCUT2D eigenvalue weighted by atomic mass is 9.99. The van der Waals surface area contributed by atoms with Crippen LogP contribution < -0.4 is 5.32 Å². The molecule has 0 saturated carbocycles. The molecule has 0 radical (unpaired) electrons. The van der Waals surface area contributed by atoms with Crippen LogP contribution in [-0.2, 0) is 14.3 Å². The van der Waals surface area contributed by atoms with Crippen molar-refractivity contribution in [2.24, 2.45) is 0 Å². The molecule has 0 aliphatic carbocycles. The fourth-order valence-corrected chi connectivity index (χ4v) is 8.70. The summed E-state index contributed by atoms with van der Waals surface area (Å²) in [5.74, 6) is -0.182. The number of aliphatic hydroxyl groups excluding tert-OH is 5. The molecule has 1 rings (SSSR count). The molecule has 1 fully saturated rings. The predicted molar refractivity (Wildman–Crippen MR) is 263 cm³/mol. The first kappa shape index (κ1) is 59.7. The topological polar surface area (TPSA) is 149 Å². The Labute approximate surface area is 388 Å². The molecular weight excluding hydrogens is 791 g/mol. The van der Waals surface area contributed by atoms with Crippen LogP contribution in [0.3, 0.4) is 0 Å². The van der Waals surface area contributed by atoms with Gasteiger partial charge in [0.05, 0.1) is 25.4 Å². The van der Waals surface area contributed by atoms with Gasteiger partial charge in [0.1, 0.15) is 24.4 Å². The highest BCUT2D eigenvalue weighted by atomic mass is 16.7. The van der Waals surface area contributed by atoms with Crippen molar-refractivity contribution in [1.82, 2.24) is 5.32 Å². The SMILES string of the molecule is CCCCCCCCCCCCCCCCCCC/C=C/CC/C=C/C(O)C(COC1OC(CO)C(O)C(O)C1O)NC(=O)CCCCCCCCCCCCCCCCCCC. The molecule has 9 heteroatoms. The van der Waals surface area contributed by atoms with E-state index >= 15 is 0 Å². The lowest BCUT2D eigenvalue weighted by Crippen LogP contribution is -2.60. The second kappa shape index (κ2) is 44.5. The van der Waals surface area contributed by atoms with E-state index in [2.05, 4.69) is 31.3 Å². The zero-order valence-electron chi connectivity index (χ0n) is 41.1. The van der Waals surface area contributed by atoms with Crippen LogP contribution in [0, 0.1) is 0 Å². The van der Waals surface area contributed by atoms with Gasteiger partial charge in [-0.15, -0.1) is 0 Å². The average Bonchev–Trinajstić information content (AvgIpc) is 3.28. The molecule has 0 bridgehead atoms. The Kier molecular flexibility index (Phi) is 42.2. The maximum atomic E-state index is 13.0. The molecule has 0 aromatic heterocycles. The molecule has 9 nitrogen and oxygen atoms in total. The fourth-order valence-electron chi connectivity index (χ4n) is 8.70. The fraction of sp³-hybridized carbons (Fsp3) is 0.907. The molecule has 1 aliphatic heterocycles. The first-order valence-electron chi connectivity index (χ1n) is 27.1. The van der Waals surface area contributed by atoms with Crippen molar-refractivity contribution >= 4 is 5.91 Å². The van der Waals surface area contributed by atoms with Crippen molar-refractivity contribution in [3.8, 4) is 0 Å². The molecule has 6 N–H and O–H groups in total. The molecule has 1 saturated heterocycles. The van der Waals surface area contributed by atoms with E-state index in [9.17, 15) is 30.3 Å². The van der Waals surface area contributed by atoms with Crippen molar-refractivity contribution in [3.63, 3.8) is 0 Å². The number of carbonyl (C=O) groups is 1. The summed E-state index contributed by atoms with van der Waals surface area (Å²) in [4.78, 5) is 13.0. The molecule has 63 heavy (non-hydrogen) atoms. The van der Waals surface area contributed by atoms with E-state index in [1.165, 1.54) is 199 Å². The first-order valence-corrected chi connectivity index (χ1v) is 27.1. The molecule has 0 spiro atoms. The zero-order chi connectivity index (χ0) is 45.9. The van der Waals surface area contributed by atoms with Gasteiger partial charge < -0.3 is 40.3 Å². The van der Waals surface area contributed by atoms with Crippen LogP contribution in [0.15, 0.2) is 24.3 Å². The Balaban J connectivity index is 2.28. The maximum absolute atomic E-state index is 13.0. The van der Waals surface area contributed by atoms with Crippen LogP contribution in [0.25, 0.3) is 0 Å². The van der Waals surface area contributed by atoms with Gasteiger partial charge in [-0.1, -0.05) is 244 Å². The van der Waals surface area contributed by atoms with E-state index in [0.29, 0.717) is 6.42 Å². The van der Waals surface area contributed by atoms with E-state index in [4.69, 9.17) is 9.47 Å². The van der Waals surface area contributed by atoms with Crippen LogP contribution in [-0.4, -0.2) is 87.5 Å². The van der Waals surface area contributed by atoms with Crippen molar-refractivity contribution in [2.45, 2.75) is 301 Å². The Morgan fingerprint density at radius 3 is 1.33 bits per heavy atom. The third-order valence-corrected chi connectivity index (χ3v) is 13.0. The van der Waals surface area contributed by atoms with Crippen LogP contribution in [0.5, 0.6) is 0 Å². The quantitative estimate of drug-likeness (QED) is 0.0261. The van der Waals surface area contributed by atoms with Crippen molar-refractivity contribution in [3.05, 3.63) is 24.3 Å². The van der Waals surface area contributed by atoms with Gasteiger partial charge >= 0.3 is 0 Å². The number of hydrogen-bond acceptors (Lipinski definition) is 8. The van der Waals surface area contributed by atoms with E-state index in [1.54, 1.807) is 6.08 Å². The highest BCUT2D eigenvalue weighted by molar-refractivity contribution is 5.76. The van der Waals surface area contributed by atoms with Crippen molar-refractivity contribution in [1.29, 1.82) is 0 Å². The number of allylic oxidation sites excluding steroid dienone is 3. The summed E-state index contributed by atoms with van der Waals surface area (Å²) in [6.07, 6.45) is 48.1. The monoisotopic (exact) mass is 894 g/mol. The van der Waals surface area contributed by atoms with Gasteiger partial charge in [-0.05, 0) is 32.1 Å². The third-order valence-electron chi connectivity index (χ3n) is 13.0. The maximum Gasteiger partial charge on any atom is 0.220 e. The number of ether oxygens (including phenoxy) is 2. The normalized spacial score (nSPS) is 20.3. The Hall–Kier alpha value is -1.33. The summed E-state index contributed by atoms with van der Waals surface area (Å²) >= 11 is 0. The highest BCUT2D eigenvalue weighted by Crippen LogP contribution is 2.23. The van der Waals surface area contributed by atoms with Crippen LogP contribution >= 0.6 is 0 Å². The van der Waals surface area contributed by atoms with Gasteiger partial charge in [-0.25, -0.2) is 0 Å². The molecule has 0 aromatic carbocycles. The largest absolute Gasteiger partial charge is 0.394 e. The number of hydrogen-bond donors (Lipinski definition) is 6. The van der Waals surface area contributed by atoms with E-state index in [-0.39, 0.29) is 12.5 Å². The van der Waals surface area contributed by atoms with Gasteiger partial charge in [-0.3, -0.25) is 4.79 Å². The molecule has 0 aromatic rings. The second-order valence-electron chi connectivity index (χ2n) is 19.0. The summed E-state index contributed by atoms with van der Waals surface area (Å²) in [5.41, 5.74) is 0. The minimum atomic E-state index is -1.57. The summed E-state index contributed by atoms with van der Waals surface area (Å²) in [7, 11) is 0. The summed E-state index contributed by atoms with van der Waals surface area (Å²) in [6.45, 7) is 3.79. The van der Waals surface area contributed by atoms with Crippen molar-refractivity contribution < 1.29 is 39.8 Å². The lowest BCUT2D eigenvalue weighted by Gasteiger charge is -2.40. The molecule has 7 atom stereocenters. The van der Waals surface area contributed by atoms with Gasteiger partial charge in [0, 0.05) is 6.42 Å². The Morgan fingerprint density at radius 1 is 0.524 bits per heavy atom.